The van der Waals surface area contributed by atoms with Crippen molar-refractivity contribution in [3.63, 3.8) is 0 Å². The van der Waals surface area contributed by atoms with Crippen LogP contribution in [-0.4, -0.2) is 53.8 Å². The van der Waals surface area contributed by atoms with Crippen molar-refractivity contribution < 1.29 is 40.7 Å². The third-order valence-corrected chi connectivity index (χ3v) is 7.72. The fourth-order valence-corrected chi connectivity index (χ4v) is 5.70. The number of urea groups is 1. The Morgan fingerprint density at radius 1 is 1.19 bits per heavy atom. The molecule has 0 radical (unpaired) electrons. The second kappa shape index (κ2) is 11.9. The van der Waals surface area contributed by atoms with E-state index in [0.717, 1.165) is 28.2 Å². The van der Waals surface area contributed by atoms with E-state index in [-0.39, 0.29) is 23.9 Å². The monoisotopic (exact) mass is 630 g/mol. The zero-order valence-corrected chi connectivity index (χ0v) is 25.0. The lowest BCUT2D eigenvalue weighted by Crippen LogP contribution is -2.55. The number of hydrogen-bond donors (Lipinski definition) is 1. The summed E-state index contributed by atoms with van der Waals surface area (Å²) in [7, 11) is 1.57. The molecule has 0 bridgehead atoms. The van der Waals surface area contributed by atoms with Crippen molar-refractivity contribution in [2.24, 2.45) is 0 Å². The Hall–Kier alpha value is -3.45. The Balaban J connectivity index is 2.02. The van der Waals surface area contributed by atoms with Gasteiger partial charge >= 0.3 is 18.3 Å². The molecule has 0 spiro atoms. The Kier molecular flexibility index (Phi) is 8.99. The molecule has 4 rings (SSSR count). The van der Waals surface area contributed by atoms with Gasteiger partial charge in [0, 0.05) is 12.0 Å². The number of likely N-dealkylation sites (N-methyl/N-ethyl adjacent to an activating group) is 1. The summed E-state index contributed by atoms with van der Waals surface area (Å²) in [5, 5.41) is 1.89. The molecule has 234 valence electrons. The number of benzene rings is 1. The van der Waals surface area contributed by atoms with E-state index < -0.39 is 75.7 Å². The van der Waals surface area contributed by atoms with E-state index >= 15 is 4.39 Å². The van der Waals surface area contributed by atoms with E-state index in [1.54, 1.807) is 27.8 Å². The SMILES string of the molecule is CCCCC(CNC)(c1ccc(F)c(Cl)c1F)[C@H]1CN(C(=O)OC(C)(C)C)C(=O)N1c1cc(C(F)(F)F)c2ccoc2n1. The van der Waals surface area contributed by atoms with Crippen LogP contribution in [0.4, 0.5) is 37.4 Å². The molecule has 1 aliphatic rings. The number of nitrogens with one attached hydrogen (secondary N) is 1. The van der Waals surface area contributed by atoms with Crippen LogP contribution in [0.1, 0.15) is 58.1 Å². The number of nitrogens with zero attached hydrogens (tertiary/aromatic N) is 3. The fourth-order valence-electron chi connectivity index (χ4n) is 5.54. The number of imide groups is 1. The highest BCUT2D eigenvalue weighted by atomic mass is 35.5. The number of halogens is 6. The molecule has 1 fully saturated rings. The van der Waals surface area contributed by atoms with E-state index in [1.807, 2.05) is 6.92 Å². The molecule has 43 heavy (non-hydrogen) atoms. The highest BCUT2D eigenvalue weighted by Gasteiger charge is 2.55. The fraction of sp³-hybridized carbons (Fsp3) is 0.483. The maximum Gasteiger partial charge on any atom is 0.418 e. The number of amides is 3. The number of fused-ring (bicyclic) bond motifs is 1. The second-order valence-electron chi connectivity index (χ2n) is 11.4. The topological polar surface area (TPSA) is 87.9 Å². The summed E-state index contributed by atoms with van der Waals surface area (Å²) in [5.41, 5.74) is -4.04. The van der Waals surface area contributed by atoms with Crippen LogP contribution in [-0.2, 0) is 16.3 Å². The zero-order chi connectivity index (χ0) is 31.9. The molecule has 2 aromatic heterocycles. The number of rotatable bonds is 8. The van der Waals surface area contributed by atoms with Crippen molar-refractivity contribution >= 4 is 40.6 Å². The van der Waals surface area contributed by atoms with Crippen molar-refractivity contribution in [2.45, 2.75) is 70.2 Å². The number of carbonyl (C=O) groups is 2. The van der Waals surface area contributed by atoms with E-state index in [9.17, 15) is 27.2 Å². The third kappa shape index (κ3) is 6.14. The maximum atomic E-state index is 15.9. The van der Waals surface area contributed by atoms with Crippen LogP contribution in [0.3, 0.4) is 0 Å². The minimum absolute atomic E-state index is 0.0301. The van der Waals surface area contributed by atoms with Crippen molar-refractivity contribution in [3.8, 4) is 0 Å². The Morgan fingerprint density at radius 2 is 1.88 bits per heavy atom. The molecule has 8 nitrogen and oxygen atoms in total. The molecule has 0 saturated carbocycles. The van der Waals surface area contributed by atoms with E-state index in [4.69, 9.17) is 20.8 Å². The van der Waals surface area contributed by atoms with E-state index in [2.05, 4.69) is 10.3 Å². The third-order valence-electron chi connectivity index (χ3n) is 7.37. The molecule has 0 aliphatic carbocycles. The number of pyridine rings is 1. The summed E-state index contributed by atoms with van der Waals surface area (Å²) < 4.78 is 83.4. The van der Waals surface area contributed by atoms with Gasteiger partial charge in [-0.05, 0) is 58.0 Å². The molecule has 1 saturated heterocycles. The molecule has 1 N–H and O–H groups in total. The molecule has 1 unspecified atom stereocenters. The van der Waals surface area contributed by atoms with Crippen LogP contribution in [0, 0.1) is 11.6 Å². The lowest BCUT2D eigenvalue weighted by Gasteiger charge is -2.43. The van der Waals surface area contributed by atoms with Gasteiger partial charge in [0.2, 0.25) is 5.71 Å². The number of ether oxygens (including phenoxy) is 1. The first-order valence-corrected chi connectivity index (χ1v) is 14.0. The molecular formula is C29H32ClF5N4O4. The van der Waals surface area contributed by atoms with Crippen LogP contribution in [0.25, 0.3) is 11.1 Å². The first kappa shape index (κ1) is 32.5. The van der Waals surface area contributed by atoms with Crippen molar-refractivity contribution in [1.82, 2.24) is 15.2 Å². The number of aromatic nitrogens is 1. The normalized spacial score (nSPS) is 17.6. The number of unbranched alkanes of at least 4 members (excludes halogenated alkanes) is 1. The molecule has 1 aliphatic heterocycles. The summed E-state index contributed by atoms with van der Waals surface area (Å²) in [5.74, 6) is -2.56. The summed E-state index contributed by atoms with van der Waals surface area (Å²) >= 11 is 6.00. The number of hydrogen-bond acceptors (Lipinski definition) is 6. The molecule has 2 atom stereocenters. The van der Waals surface area contributed by atoms with Crippen molar-refractivity contribution in [3.05, 3.63) is 58.3 Å². The molecule has 3 heterocycles. The summed E-state index contributed by atoms with van der Waals surface area (Å²) in [6, 6.07) is 1.75. The molecule has 3 aromatic rings. The van der Waals surface area contributed by atoms with Gasteiger partial charge in [0.1, 0.15) is 28.1 Å². The molecular weight excluding hydrogens is 599 g/mol. The first-order valence-electron chi connectivity index (χ1n) is 13.6. The van der Waals surface area contributed by atoms with Crippen molar-refractivity contribution in [2.75, 3.05) is 25.0 Å². The minimum atomic E-state index is -4.86. The van der Waals surface area contributed by atoms with Gasteiger partial charge < -0.3 is 14.5 Å². The van der Waals surface area contributed by atoms with Crippen LogP contribution < -0.4 is 10.2 Å². The van der Waals surface area contributed by atoms with Crippen LogP contribution in [0.5, 0.6) is 0 Å². The highest BCUT2D eigenvalue weighted by molar-refractivity contribution is 6.31. The first-order chi connectivity index (χ1) is 20.1. The quantitative estimate of drug-likeness (QED) is 0.203. The Bertz CT molecular complexity index is 1520. The van der Waals surface area contributed by atoms with Gasteiger partial charge in [-0.1, -0.05) is 37.4 Å². The molecule has 1 aromatic carbocycles. The van der Waals surface area contributed by atoms with Crippen LogP contribution in [0.2, 0.25) is 5.02 Å². The Labute approximate surface area is 250 Å². The zero-order valence-electron chi connectivity index (χ0n) is 24.2. The van der Waals surface area contributed by atoms with Gasteiger partial charge in [-0.2, -0.15) is 18.2 Å². The predicted octanol–water partition coefficient (Wildman–Crippen LogP) is 7.67. The lowest BCUT2D eigenvalue weighted by atomic mass is 9.69. The number of alkyl halides is 3. The van der Waals surface area contributed by atoms with Gasteiger partial charge in [0.15, 0.2) is 0 Å². The lowest BCUT2D eigenvalue weighted by molar-refractivity contribution is -0.136. The predicted molar refractivity (Wildman–Crippen MR) is 150 cm³/mol. The van der Waals surface area contributed by atoms with Gasteiger partial charge in [0.25, 0.3) is 0 Å². The van der Waals surface area contributed by atoms with E-state index in [0.29, 0.717) is 18.9 Å². The summed E-state index contributed by atoms with van der Waals surface area (Å²) in [4.78, 5) is 33.2. The average Bonchev–Trinajstić information content (AvgIpc) is 3.52. The smallest absolute Gasteiger partial charge is 0.418 e. The van der Waals surface area contributed by atoms with Gasteiger partial charge in [0.05, 0.1) is 29.8 Å². The standard InChI is InChI=1S/C29H32ClF5N4O4/c1-6-7-11-28(15-36-5,17-8-9-19(31)22(30)23(17)32)20-14-38(26(41)43-27(2,3)4)25(40)39(20)21-13-18(29(33,34)35)16-10-12-42-24(16)37-21/h8-10,12-13,20,36H,6-7,11,14-15H2,1-5H3/t20-,28?/m1/s1. The second-order valence-corrected chi connectivity index (χ2v) is 11.8. The van der Waals surface area contributed by atoms with Crippen LogP contribution >= 0.6 is 11.6 Å². The number of furan rings is 1. The molecule has 3 amide bonds. The van der Waals surface area contributed by atoms with Crippen LogP contribution in [0.15, 0.2) is 34.9 Å². The highest BCUT2D eigenvalue weighted by Crippen LogP contribution is 2.45. The van der Waals surface area contributed by atoms with Crippen molar-refractivity contribution in [1.29, 1.82) is 0 Å². The Morgan fingerprint density at radius 3 is 2.49 bits per heavy atom. The van der Waals surface area contributed by atoms with E-state index in [1.165, 1.54) is 6.07 Å². The largest absolute Gasteiger partial charge is 0.446 e. The maximum absolute atomic E-state index is 15.9. The summed E-state index contributed by atoms with van der Waals surface area (Å²) in [6.45, 7) is 6.20. The van der Waals surface area contributed by atoms with Gasteiger partial charge in [-0.3, -0.25) is 4.90 Å². The average molecular weight is 631 g/mol. The molecule has 14 heteroatoms. The number of anilines is 1. The number of carbonyl (C=O) groups excluding carboxylic acids is 2. The minimum Gasteiger partial charge on any atom is -0.446 e. The van der Waals surface area contributed by atoms with Gasteiger partial charge in [-0.25, -0.2) is 23.3 Å². The van der Waals surface area contributed by atoms with Gasteiger partial charge in [-0.15, -0.1) is 0 Å². The summed E-state index contributed by atoms with van der Waals surface area (Å²) in [6.07, 6.45) is -3.60.